The smallest absolute Gasteiger partial charge is 0.315 e. The van der Waals surface area contributed by atoms with Crippen LogP contribution in [0.5, 0.6) is 5.75 Å². The molecule has 3 aromatic carbocycles. The van der Waals surface area contributed by atoms with Crippen molar-refractivity contribution in [3.8, 4) is 28.8 Å². The number of benzene rings is 3. The number of nitrogens with zero attached hydrogens (tertiary/aromatic N) is 4. The zero-order chi connectivity index (χ0) is 35.0. The number of nitrogens with two attached hydrogens (primary N) is 1. The van der Waals surface area contributed by atoms with Gasteiger partial charge < -0.3 is 30.3 Å². The minimum absolute atomic E-state index is 0.162. The number of aromatic nitrogens is 2. The highest BCUT2D eigenvalue weighted by Gasteiger charge is 2.27. The normalized spacial score (nSPS) is 14.4. The van der Waals surface area contributed by atoms with Crippen LogP contribution >= 0.6 is 23.8 Å². The summed E-state index contributed by atoms with van der Waals surface area (Å²) in [5.41, 5.74) is 13.6. The molecule has 6 rings (SSSR count). The largest absolute Gasteiger partial charge is 0.491 e. The fourth-order valence-corrected chi connectivity index (χ4v) is 6.65. The number of rotatable bonds is 11. The molecule has 9 nitrogen and oxygen atoms in total. The van der Waals surface area contributed by atoms with Gasteiger partial charge >= 0.3 is 6.03 Å². The zero-order valence-electron chi connectivity index (χ0n) is 28.6. The molecule has 2 aliphatic rings. The van der Waals surface area contributed by atoms with E-state index in [9.17, 15) is 4.79 Å². The number of carbonyl (C=O) groups is 1. The van der Waals surface area contributed by atoms with Gasteiger partial charge in [-0.1, -0.05) is 66.0 Å². The van der Waals surface area contributed by atoms with Crippen LogP contribution in [-0.4, -0.2) is 69.6 Å². The van der Waals surface area contributed by atoms with E-state index in [1.807, 2.05) is 56.3 Å². The number of amides is 2. The van der Waals surface area contributed by atoms with Gasteiger partial charge in [-0.3, -0.25) is 4.68 Å². The molecule has 0 spiro atoms. The molecule has 1 aromatic heterocycles. The minimum Gasteiger partial charge on any atom is -0.491 e. The van der Waals surface area contributed by atoms with Crippen molar-refractivity contribution in [2.45, 2.75) is 59.0 Å². The van der Waals surface area contributed by atoms with Gasteiger partial charge in [0.1, 0.15) is 10.7 Å². The van der Waals surface area contributed by atoms with Crippen LogP contribution < -0.4 is 15.8 Å². The Hall–Kier alpha value is -4.40. The van der Waals surface area contributed by atoms with Gasteiger partial charge in [0, 0.05) is 73.6 Å². The summed E-state index contributed by atoms with van der Waals surface area (Å²) in [6.07, 6.45) is 1.74. The van der Waals surface area contributed by atoms with Crippen molar-refractivity contribution in [2.24, 2.45) is 5.73 Å². The number of carbonyl (C=O) groups excluding carboxylic acids is 1. The second-order valence-corrected chi connectivity index (χ2v) is 13.7. The van der Waals surface area contributed by atoms with Gasteiger partial charge in [0.2, 0.25) is 0 Å². The number of fused-ring (bicyclic) bond motifs is 1. The molecule has 0 unspecified atom stereocenters. The molecule has 0 atom stereocenters. The van der Waals surface area contributed by atoms with Gasteiger partial charge in [0.05, 0.1) is 36.6 Å². The van der Waals surface area contributed by atoms with E-state index in [1.54, 1.807) is 4.90 Å². The molecule has 0 aliphatic carbocycles. The first-order valence-electron chi connectivity index (χ1n) is 17.1. The Bertz CT molecular complexity index is 1880. The van der Waals surface area contributed by atoms with E-state index in [4.69, 9.17) is 44.1 Å². The first kappa shape index (κ1) is 35.4. The average molecular weight is 711 g/mol. The Labute approximate surface area is 304 Å². The van der Waals surface area contributed by atoms with Crippen LogP contribution in [0.4, 0.5) is 4.79 Å². The summed E-state index contributed by atoms with van der Waals surface area (Å²) in [6, 6.07) is 21.8. The van der Waals surface area contributed by atoms with Crippen molar-refractivity contribution in [3.63, 3.8) is 0 Å². The van der Waals surface area contributed by atoms with Crippen molar-refractivity contribution in [1.82, 2.24) is 24.9 Å². The predicted molar refractivity (Wildman–Crippen MR) is 201 cm³/mol. The zero-order valence-corrected chi connectivity index (χ0v) is 30.2. The topological polar surface area (TPSA) is 97.9 Å². The van der Waals surface area contributed by atoms with Gasteiger partial charge in [-0.2, -0.15) is 5.10 Å². The van der Waals surface area contributed by atoms with E-state index in [1.165, 1.54) is 11.1 Å². The van der Waals surface area contributed by atoms with Crippen molar-refractivity contribution in [3.05, 3.63) is 105 Å². The maximum atomic E-state index is 12.1. The SMILES string of the molecule is CC(C)Oc1ccc(CNCc2ccc(C#Cc3cc(-c4nn(CCCN5CCOCC5=S)c5c4CN(C(N)=O)CC5)ccc3Cl)cc2)cc1. The van der Waals surface area contributed by atoms with E-state index in [2.05, 4.69) is 51.0 Å². The van der Waals surface area contributed by atoms with E-state index in [-0.39, 0.29) is 6.10 Å². The second kappa shape index (κ2) is 16.5. The molecular weight excluding hydrogens is 668 g/mol. The molecule has 0 saturated carbocycles. The summed E-state index contributed by atoms with van der Waals surface area (Å²) in [5, 5.41) is 9.14. The number of hydrogen-bond donors (Lipinski definition) is 2. The molecule has 260 valence electrons. The molecule has 0 radical (unpaired) electrons. The lowest BCUT2D eigenvalue weighted by Crippen LogP contribution is -2.41. The Morgan fingerprint density at radius 1 is 1.04 bits per heavy atom. The molecule has 1 saturated heterocycles. The van der Waals surface area contributed by atoms with Gasteiger partial charge in [-0.25, -0.2) is 4.79 Å². The van der Waals surface area contributed by atoms with E-state index in [0.29, 0.717) is 43.3 Å². The Morgan fingerprint density at radius 2 is 1.78 bits per heavy atom. The Balaban J connectivity index is 1.13. The summed E-state index contributed by atoms with van der Waals surface area (Å²) in [5.74, 6) is 7.43. The van der Waals surface area contributed by atoms with Gasteiger partial charge in [0.25, 0.3) is 0 Å². The maximum Gasteiger partial charge on any atom is 0.315 e. The van der Waals surface area contributed by atoms with Crippen molar-refractivity contribution in [2.75, 3.05) is 32.8 Å². The lowest BCUT2D eigenvalue weighted by Gasteiger charge is -2.29. The van der Waals surface area contributed by atoms with Gasteiger partial charge in [-0.05, 0) is 67.8 Å². The van der Waals surface area contributed by atoms with Crippen molar-refractivity contribution >= 4 is 34.8 Å². The van der Waals surface area contributed by atoms with Gasteiger partial charge in [0.15, 0.2) is 0 Å². The fourth-order valence-electron chi connectivity index (χ4n) is 6.22. The quantitative estimate of drug-likeness (QED) is 0.142. The molecule has 50 heavy (non-hydrogen) atoms. The van der Waals surface area contributed by atoms with Crippen molar-refractivity contribution in [1.29, 1.82) is 0 Å². The summed E-state index contributed by atoms with van der Waals surface area (Å²) in [6.45, 7) is 10.2. The Kier molecular flexibility index (Phi) is 11.7. The van der Waals surface area contributed by atoms with Crippen LogP contribution in [0.2, 0.25) is 5.02 Å². The third-order valence-electron chi connectivity index (χ3n) is 8.82. The van der Waals surface area contributed by atoms with Gasteiger partial charge in [-0.15, -0.1) is 0 Å². The number of urea groups is 1. The third kappa shape index (κ3) is 9.03. The number of primary amides is 1. The first-order valence-corrected chi connectivity index (χ1v) is 17.9. The molecule has 2 aliphatic heterocycles. The lowest BCUT2D eigenvalue weighted by atomic mass is 9.99. The summed E-state index contributed by atoms with van der Waals surface area (Å²) in [7, 11) is 0. The first-order chi connectivity index (χ1) is 24.2. The minimum atomic E-state index is -0.429. The average Bonchev–Trinajstić information content (AvgIpc) is 3.47. The number of aryl methyl sites for hydroxylation is 1. The number of thiocarbonyl (C=S) groups is 1. The number of morpholine rings is 1. The maximum absolute atomic E-state index is 12.1. The van der Waals surface area contributed by atoms with Crippen LogP contribution in [0.15, 0.2) is 66.7 Å². The highest BCUT2D eigenvalue weighted by atomic mass is 35.5. The fraction of sp³-hybridized carbons (Fsp3) is 0.359. The second-order valence-electron chi connectivity index (χ2n) is 12.8. The van der Waals surface area contributed by atoms with Crippen LogP contribution in [0.25, 0.3) is 11.3 Å². The molecule has 3 N–H and O–H groups in total. The number of nitrogens with one attached hydrogen (secondary N) is 1. The Morgan fingerprint density at radius 3 is 2.48 bits per heavy atom. The molecule has 4 aromatic rings. The number of halogens is 1. The standard InChI is InChI=1S/C39H43ClN6O3S/c1-27(2)49-33-13-9-30(10-14-33)24-42-23-29-6-4-28(5-7-29)8-11-31-22-32(12-15-35(31)40)38-34-25-45(39(41)47)19-16-36(34)46(43-38)18-3-17-44-20-21-48-26-37(44)50/h4-7,9-10,12-15,22,27,42H,3,16-21,23-26H2,1-2H3,(H2,41,47). The van der Waals surface area contributed by atoms with Crippen LogP contribution in [0, 0.1) is 11.8 Å². The van der Waals surface area contributed by atoms with Crippen LogP contribution in [0.1, 0.15) is 53.8 Å². The molecule has 11 heteroatoms. The highest BCUT2D eigenvalue weighted by Crippen LogP contribution is 2.32. The third-order valence-corrected chi connectivity index (χ3v) is 9.52. The summed E-state index contributed by atoms with van der Waals surface area (Å²) < 4.78 is 13.3. The van der Waals surface area contributed by atoms with Crippen LogP contribution in [0.3, 0.4) is 0 Å². The molecular formula is C39H43ClN6O3S. The molecule has 2 amide bonds. The lowest BCUT2D eigenvalue weighted by molar-refractivity contribution is 0.118. The predicted octanol–water partition coefficient (Wildman–Crippen LogP) is 6.17. The number of ether oxygens (including phenoxy) is 2. The summed E-state index contributed by atoms with van der Waals surface area (Å²) in [4.78, 5) is 16.9. The molecule has 0 bridgehead atoms. The monoisotopic (exact) mass is 710 g/mol. The van der Waals surface area contributed by atoms with E-state index >= 15 is 0 Å². The molecule has 3 heterocycles. The van der Waals surface area contributed by atoms with Crippen molar-refractivity contribution < 1.29 is 14.3 Å². The summed E-state index contributed by atoms with van der Waals surface area (Å²) >= 11 is 12.1. The van der Waals surface area contributed by atoms with E-state index in [0.717, 1.165) is 78.0 Å². The highest BCUT2D eigenvalue weighted by molar-refractivity contribution is 7.80. The molecule has 1 fully saturated rings. The number of hydrogen-bond acceptors (Lipinski definition) is 6. The van der Waals surface area contributed by atoms with Crippen LogP contribution in [-0.2, 0) is 37.3 Å². The van der Waals surface area contributed by atoms with E-state index < -0.39 is 6.03 Å².